The number of hydrogen-bond donors (Lipinski definition) is 1. The highest BCUT2D eigenvalue weighted by Gasteiger charge is 2.31. The standard InChI is InChI=1S/C24H33N3O4S/c1-18-10-11-23(31-3)22(14-18)27(32(4,29)30)19(2)24(28)25-16-20-8-7-9-21(15-20)17-26-12-5-6-13-26/h7-11,14-15,19H,5-6,12-13,16-17H2,1-4H3,(H,25,28). The molecule has 1 aliphatic heterocycles. The van der Waals surface area contributed by atoms with Crippen LogP contribution >= 0.6 is 0 Å². The van der Waals surface area contributed by atoms with Crippen LogP contribution in [0.5, 0.6) is 5.75 Å². The lowest BCUT2D eigenvalue weighted by molar-refractivity contribution is -0.122. The van der Waals surface area contributed by atoms with Gasteiger partial charge in [0.1, 0.15) is 11.8 Å². The molecule has 1 aliphatic rings. The molecule has 0 spiro atoms. The number of aryl methyl sites for hydroxylation is 1. The first-order valence-corrected chi connectivity index (χ1v) is 12.8. The molecule has 32 heavy (non-hydrogen) atoms. The van der Waals surface area contributed by atoms with E-state index < -0.39 is 16.1 Å². The van der Waals surface area contributed by atoms with Gasteiger partial charge < -0.3 is 10.1 Å². The summed E-state index contributed by atoms with van der Waals surface area (Å²) >= 11 is 0. The zero-order valence-corrected chi connectivity index (χ0v) is 20.1. The Kier molecular flexibility index (Phi) is 7.79. The summed E-state index contributed by atoms with van der Waals surface area (Å²) in [7, 11) is -2.25. The predicted octanol–water partition coefficient (Wildman–Crippen LogP) is 3.07. The van der Waals surface area contributed by atoms with Gasteiger partial charge in [-0.3, -0.25) is 14.0 Å². The van der Waals surface area contributed by atoms with Crippen LogP contribution in [-0.2, 0) is 27.9 Å². The number of carbonyl (C=O) groups excluding carboxylic acids is 1. The first-order valence-electron chi connectivity index (χ1n) is 10.9. The quantitative estimate of drug-likeness (QED) is 0.624. The van der Waals surface area contributed by atoms with Crippen LogP contribution in [0.1, 0.15) is 36.5 Å². The highest BCUT2D eigenvalue weighted by Crippen LogP contribution is 2.32. The van der Waals surface area contributed by atoms with Gasteiger partial charge in [-0.1, -0.05) is 30.3 Å². The van der Waals surface area contributed by atoms with E-state index in [1.165, 1.54) is 25.5 Å². The van der Waals surface area contributed by atoms with Crippen molar-refractivity contribution in [2.75, 3.05) is 30.8 Å². The molecule has 3 rings (SSSR count). The average Bonchev–Trinajstić information content (AvgIpc) is 3.24. The fourth-order valence-electron chi connectivity index (χ4n) is 4.13. The Bertz CT molecular complexity index is 1050. The summed E-state index contributed by atoms with van der Waals surface area (Å²) in [5, 5.41) is 2.89. The van der Waals surface area contributed by atoms with Crippen LogP contribution in [0.3, 0.4) is 0 Å². The Balaban J connectivity index is 1.73. The van der Waals surface area contributed by atoms with E-state index in [1.807, 2.05) is 25.1 Å². The number of likely N-dealkylation sites (tertiary alicyclic amines) is 1. The van der Waals surface area contributed by atoms with Gasteiger partial charge in [0.15, 0.2) is 0 Å². The number of ether oxygens (including phenoxy) is 1. The molecule has 0 aliphatic carbocycles. The molecule has 0 saturated carbocycles. The minimum Gasteiger partial charge on any atom is -0.495 e. The van der Waals surface area contributed by atoms with E-state index in [0.29, 0.717) is 18.0 Å². The van der Waals surface area contributed by atoms with Crippen molar-refractivity contribution >= 4 is 21.6 Å². The molecule has 1 amide bonds. The number of methoxy groups -OCH3 is 1. The molecule has 0 aromatic heterocycles. The number of sulfonamides is 1. The molecule has 1 saturated heterocycles. The van der Waals surface area contributed by atoms with Crippen LogP contribution in [0, 0.1) is 6.92 Å². The van der Waals surface area contributed by atoms with Gasteiger partial charge in [0, 0.05) is 13.1 Å². The van der Waals surface area contributed by atoms with E-state index in [4.69, 9.17) is 4.74 Å². The van der Waals surface area contributed by atoms with Crippen LogP contribution in [-0.4, -0.2) is 51.7 Å². The molecule has 7 nitrogen and oxygen atoms in total. The Morgan fingerprint density at radius 2 is 1.84 bits per heavy atom. The van der Waals surface area contributed by atoms with E-state index in [0.717, 1.165) is 41.3 Å². The number of anilines is 1. The SMILES string of the molecule is COc1ccc(C)cc1N(C(C)C(=O)NCc1cccc(CN2CCCC2)c1)S(C)(=O)=O. The second-order valence-corrected chi connectivity index (χ2v) is 10.3. The minimum absolute atomic E-state index is 0.333. The van der Waals surface area contributed by atoms with Crippen LogP contribution in [0.15, 0.2) is 42.5 Å². The maximum atomic E-state index is 13.0. The van der Waals surface area contributed by atoms with Crippen molar-refractivity contribution in [1.29, 1.82) is 0 Å². The molecule has 0 bridgehead atoms. The van der Waals surface area contributed by atoms with Crippen LogP contribution in [0.4, 0.5) is 5.69 Å². The first-order chi connectivity index (χ1) is 15.2. The molecule has 1 unspecified atom stereocenters. The Morgan fingerprint density at radius 1 is 1.16 bits per heavy atom. The molecule has 1 heterocycles. The van der Waals surface area contributed by atoms with Gasteiger partial charge in [0.25, 0.3) is 0 Å². The topological polar surface area (TPSA) is 79.0 Å². The molecular formula is C24H33N3O4S. The number of benzene rings is 2. The van der Waals surface area contributed by atoms with Gasteiger partial charge >= 0.3 is 0 Å². The Labute approximate surface area is 191 Å². The highest BCUT2D eigenvalue weighted by atomic mass is 32.2. The van der Waals surface area contributed by atoms with Crippen molar-refractivity contribution in [1.82, 2.24) is 10.2 Å². The van der Waals surface area contributed by atoms with E-state index in [9.17, 15) is 13.2 Å². The molecule has 1 N–H and O–H groups in total. The van der Waals surface area contributed by atoms with Crippen molar-refractivity contribution in [2.24, 2.45) is 0 Å². The zero-order valence-electron chi connectivity index (χ0n) is 19.3. The summed E-state index contributed by atoms with van der Waals surface area (Å²) in [6.07, 6.45) is 3.59. The maximum absolute atomic E-state index is 13.0. The van der Waals surface area contributed by atoms with Gasteiger partial charge in [0.2, 0.25) is 15.9 Å². The van der Waals surface area contributed by atoms with Gasteiger partial charge in [0.05, 0.1) is 19.1 Å². The molecular weight excluding hydrogens is 426 g/mol. The molecule has 2 aromatic carbocycles. The number of carbonyl (C=O) groups is 1. The van der Waals surface area contributed by atoms with E-state index >= 15 is 0 Å². The van der Waals surface area contributed by atoms with E-state index in [2.05, 4.69) is 22.3 Å². The normalized spacial score (nSPS) is 15.4. The fraction of sp³-hybridized carbons (Fsp3) is 0.458. The fourth-order valence-corrected chi connectivity index (χ4v) is 5.30. The summed E-state index contributed by atoms with van der Waals surface area (Å²) in [4.78, 5) is 15.4. The van der Waals surface area contributed by atoms with Crippen molar-refractivity contribution < 1.29 is 17.9 Å². The highest BCUT2D eigenvalue weighted by molar-refractivity contribution is 7.92. The number of amides is 1. The number of nitrogens with one attached hydrogen (secondary N) is 1. The molecule has 1 atom stereocenters. The monoisotopic (exact) mass is 459 g/mol. The van der Waals surface area contributed by atoms with E-state index in [-0.39, 0.29) is 5.91 Å². The molecule has 2 aromatic rings. The maximum Gasteiger partial charge on any atom is 0.243 e. The van der Waals surface area contributed by atoms with Crippen molar-refractivity contribution in [2.45, 2.75) is 45.8 Å². The number of hydrogen-bond acceptors (Lipinski definition) is 5. The minimum atomic E-state index is -3.73. The van der Waals surface area contributed by atoms with Crippen molar-refractivity contribution in [3.8, 4) is 5.75 Å². The molecule has 0 radical (unpaired) electrons. The lowest BCUT2D eigenvalue weighted by atomic mass is 10.1. The van der Waals surface area contributed by atoms with E-state index in [1.54, 1.807) is 19.1 Å². The lowest BCUT2D eigenvalue weighted by Crippen LogP contribution is -2.47. The second-order valence-electron chi connectivity index (χ2n) is 8.43. The Morgan fingerprint density at radius 3 is 2.50 bits per heavy atom. The smallest absolute Gasteiger partial charge is 0.243 e. The largest absolute Gasteiger partial charge is 0.495 e. The summed E-state index contributed by atoms with van der Waals surface area (Å²) in [5.41, 5.74) is 3.43. The lowest BCUT2D eigenvalue weighted by Gasteiger charge is -2.29. The predicted molar refractivity (Wildman–Crippen MR) is 127 cm³/mol. The van der Waals surface area contributed by atoms with Crippen molar-refractivity contribution in [3.05, 3.63) is 59.2 Å². The molecule has 1 fully saturated rings. The van der Waals surface area contributed by atoms with Gasteiger partial charge in [-0.15, -0.1) is 0 Å². The average molecular weight is 460 g/mol. The van der Waals surface area contributed by atoms with Gasteiger partial charge in [-0.05, 0) is 68.6 Å². The van der Waals surface area contributed by atoms with Crippen LogP contribution in [0.25, 0.3) is 0 Å². The first kappa shape index (κ1) is 24.1. The zero-order chi connectivity index (χ0) is 23.3. The summed E-state index contributed by atoms with van der Waals surface area (Å²) in [6.45, 7) is 6.95. The number of nitrogens with zero attached hydrogens (tertiary/aromatic N) is 2. The molecule has 174 valence electrons. The third-order valence-electron chi connectivity index (χ3n) is 5.72. The second kappa shape index (κ2) is 10.4. The summed E-state index contributed by atoms with van der Waals surface area (Å²) < 4.78 is 31.7. The van der Waals surface area contributed by atoms with Crippen LogP contribution in [0.2, 0.25) is 0 Å². The third-order valence-corrected chi connectivity index (χ3v) is 6.95. The van der Waals surface area contributed by atoms with Crippen LogP contribution < -0.4 is 14.4 Å². The van der Waals surface area contributed by atoms with Crippen molar-refractivity contribution in [3.63, 3.8) is 0 Å². The Hall–Kier alpha value is -2.58. The summed E-state index contributed by atoms with van der Waals surface area (Å²) in [6, 6.07) is 12.5. The third kappa shape index (κ3) is 6.01. The summed E-state index contributed by atoms with van der Waals surface area (Å²) in [5.74, 6) is 0.0271. The van der Waals surface area contributed by atoms with Gasteiger partial charge in [-0.2, -0.15) is 0 Å². The number of rotatable bonds is 9. The van der Waals surface area contributed by atoms with Gasteiger partial charge in [-0.25, -0.2) is 8.42 Å². The molecule has 8 heteroatoms.